The molecule has 0 atom stereocenters. The van der Waals surface area contributed by atoms with Crippen molar-refractivity contribution in [2.45, 2.75) is 19.9 Å². The first kappa shape index (κ1) is 12.0. The fourth-order valence-electron chi connectivity index (χ4n) is 2.04. The number of benzene rings is 1. The molecule has 3 rings (SSSR count). The number of aryl methyl sites for hydroxylation is 1. The average molecular weight is 273 g/mol. The van der Waals surface area contributed by atoms with Crippen molar-refractivity contribution in [2.75, 3.05) is 5.32 Å². The van der Waals surface area contributed by atoms with E-state index in [4.69, 9.17) is 0 Å². The van der Waals surface area contributed by atoms with Gasteiger partial charge in [0.05, 0.1) is 11.0 Å². The van der Waals surface area contributed by atoms with Crippen LogP contribution in [0.25, 0.3) is 11.0 Å². The van der Waals surface area contributed by atoms with E-state index in [1.54, 1.807) is 0 Å². The van der Waals surface area contributed by atoms with Crippen LogP contribution in [0.4, 0.5) is 5.69 Å². The first-order valence-corrected chi connectivity index (χ1v) is 7.10. The largest absolute Gasteiger partial charge is 0.380 e. The molecule has 0 fully saturated rings. The van der Waals surface area contributed by atoms with E-state index in [0.717, 1.165) is 29.7 Å². The number of aromatic amines is 2. The van der Waals surface area contributed by atoms with Gasteiger partial charge in [0.1, 0.15) is 0 Å². The number of H-pyrrole nitrogens is 2. The lowest BCUT2D eigenvalue weighted by Crippen LogP contribution is -1.99. The molecule has 19 heavy (non-hydrogen) atoms. The minimum atomic E-state index is -0.169. The third kappa shape index (κ3) is 2.56. The second-order valence-corrected chi connectivity index (χ2v) is 5.67. The quantitative estimate of drug-likeness (QED) is 0.684. The van der Waals surface area contributed by atoms with Gasteiger partial charge >= 0.3 is 5.69 Å². The number of nitrogens with one attached hydrogen (secondary N) is 3. The smallest absolute Gasteiger partial charge is 0.323 e. The molecule has 3 N–H and O–H groups in total. The summed E-state index contributed by atoms with van der Waals surface area (Å²) in [7, 11) is 0. The monoisotopic (exact) mass is 273 g/mol. The van der Waals surface area contributed by atoms with Gasteiger partial charge in [-0.25, -0.2) is 4.79 Å². The Morgan fingerprint density at radius 2 is 1.89 bits per heavy atom. The molecule has 0 spiro atoms. The van der Waals surface area contributed by atoms with Crippen molar-refractivity contribution in [2.24, 2.45) is 0 Å². The highest BCUT2D eigenvalue weighted by atomic mass is 32.1. The zero-order valence-corrected chi connectivity index (χ0v) is 11.4. The maximum Gasteiger partial charge on any atom is 0.323 e. The highest BCUT2D eigenvalue weighted by Gasteiger charge is 2.01. The molecule has 0 saturated carbocycles. The molecule has 0 amide bonds. The molecule has 5 heteroatoms. The molecular weight excluding hydrogens is 258 g/mol. The Bertz CT molecular complexity index is 753. The van der Waals surface area contributed by atoms with Gasteiger partial charge in [-0.05, 0) is 36.8 Å². The first-order valence-electron chi connectivity index (χ1n) is 6.28. The van der Waals surface area contributed by atoms with Gasteiger partial charge in [0.25, 0.3) is 0 Å². The molecule has 4 nitrogen and oxygen atoms in total. The maximum atomic E-state index is 11.2. The predicted octanol–water partition coefficient (Wildman–Crippen LogP) is 3.09. The fraction of sp³-hybridized carbons (Fsp3) is 0.214. The van der Waals surface area contributed by atoms with Crippen LogP contribution in [0.15, 0.2) is 35.1 Å². The Balaban J connectivity index is 1.75. The number of aromatic nitrogens is 2. The number of imidazole rings is 1. The molecule has 98 valence electrons. The van der Waals surface area contributed by atoms with Crippen molar-refractivity contribution in [1.82, 2.24) is 9.97 Å². The van der Waals surface area contributed by atoms with E-state index in [2.05, 4.69) is 34.3 Å². The van der Waals surface area contributed by atoms with Crippen molar-refractivity contribution >= 4 is 28.1 Å². The van der Waals surface area contributed by atoms with Gasteiger partial charge in [0.2, 0.25) is 0 Å². The lowest BCUT2D eigenvalue weighted by molar-refractivity contribution is 1.19. The molecule has 0 radical (unpaired) electrons. The minimum Gasteiger partial charge on any atom is -0.380 e. The number of rotatable bonds is 4. The highest BCUT2D eigenvalue weighted by molar-refractivity contribution is 7.12. The average Bonchev–Trinajstić information content (AvgIpc) is 3.00. The van der Waals surface area contributed by atoms with Crippen LogP contribution in [-0.2, 0) is 13.0 Å². The number of hydrogen-bond donors (Lipinski definition) is 3. The molecule has 0 unspecified atom stereocenters. The van der Waals surface area contributed by atoms with Crippen LogP contribution < -0.4 is 11.0 Å². The molecule has 2 aromatic heterocycles. The Labute approximate surface area is 114 Å². The molecule has 2 heterocycles. The lowest BCUT2D eigenvalue weighted by atomic mass is 10.2. The van der Waals surface area contributed by atoms with E-state index >= 15 is 0 Å². The first-order chi connectivity index (χ1) is 9.24. The van der Waals surface area contributed by atoms with Crippen LogP contribution in [0.2, 0.25) is 0 Å². The summed E-state index contributed by atoms with van der Waals surface area (Å²) in [5.74, 6) is 0. The van der Waals surface area contributed by atoms with Crippen LogP contribution in [-0.4, -0.2) is 9.97 Å². The van der Waals surface area contributed by atoms with E-state index in [-0.39, 0.29) is 5.69 Å². The summed E-state index contributed by atoms with van der Waals surface area (Å²) in [5, 5.41) is 3.37. The summed E-state index contributed by atoms with van der Waals surface area (Å²) >= 11 is 1.83. The summed E-state index contributed by atoms with van der Waals surface area (Å²) in [6.07, 6.45) is 1.08. The van der Waals surface area contributed by atoms with Crippen LogP contribution >= 0.6 is 11.3 Å². The third-order valence-electron chi connectivity index (χ3n) is 3.05. The molecule has 0 aliphatic heterocycles. The number of thiophene rings is 1. The van der Waals surface area contributed by atoms with E-state index in [1.807, 2.05) is 29.5 Å². The Kier molecular flexibility index (Phi) is 3.13. The predicted molar refractivity (Wildman–Crippen MR) is 79.9 cm³/mol. The van der Waals surface area contributed by atoms with Crippen molar-refractivity contribution in [1.29, 1.82) is 0 Å². The van der Waals surface area contributed by atoms with Gasteiger partial charge in [-0.3, -0.25) is 0 Å². The normalized spacial score (nSPS) is 11.0. The van der Waals surface area contributed by atoms with Crippen molar-refractivity contribution in [3.8, 4) is 0 Å². The molecule has 0 saturated heterocycles. The third-order valence-corrected chi connectivity index (χ3v) is 4.28. The highest BCUT2D eigenvalue weighted by Crippen LogP contribution is 2.20. The summed E-state index contributed by atoms with van der Waals surface area (Å²) in [6, 6.07) is 10.2. The summed E-state index contributed by atoms with van der Waals surface area (Å²) in [5.41, 5.74) is 2.50. The van der Waals surface area contributed by atoms with E-state index < -0.39 is 0 Å². The van der Waals surface area contributed by atoms with E-state index in [9.17, 15) is 4.79 Å². The summed E-state index contributed by atoms with van der Waals surface area (Å²) < 4.78 is 0. The van der Waals surface area contributed by atoms with Crippen molar-refractivity contribution in [3.05, 3.63) is 50.6 Å². The van der Waals surface area contributed by atoms with Crippen LogP contribution in [0.3, 0.4) is 0 Å². The van der Waals surface area contributed by atoms with Crippen LogP contribution in [0, 0.1) is 0 Å². The number of hydrogen-bond acceptors (Lipinski definition) is 3. The van der Waals surface area contributed by atoms with Gasteiger partial charge in [-0.15, -0.1) is 11.3 Å². The van der Waals surface area contributed by atoms with E-state index in [1.165, 1.54) is 9.75 Å². The standard InChI is InChI=1S/C14H15N3OS/c1-2-10-4-5-11(19-10)8-15-9-3-6-12-13(7-9)17-14(18)16-12/h3-7,15H,2,8H2,1H3,(H2,16,17,18). The summed E-state index contributed by atoms with van der Waals surface area (Å²) in [4.78, 5) is 19.4. The molecule has 3 aromatic rings. The molecule has 0 bridgehead atoms. The van der Waals surface area contributed by atoms with Gasteiger partial charge in [-0.1, -0.05) is 6.92 Å². The Morgan fingerprint density at radius 1 is 1.11 bits per heavy atom. The minimum absolute atomic E-state index is 0.169. The van der Waals surface area contributed by atoms with Gasteiger partial charge in [0, 0.05) is 22.0 Å². The Morgan fingerprint density at radius 3 is 2.68 bits per heavy atom. The molecule has 0 aliphatic carbocycles. The molecule has 0 aliphatic rings. The molecular formula is C14H15N3OS. The van der Waals surface area contributed by atoms with Gasteiger partial charge < -0.3 is 15.3 Å². The summed E-state index contributed by atoms with van der Waals surface area (Å²) in [6.45, 7) is 2.98. The second kappa shape index (κ2) is 4.93. The fourth-order valence-corrected chi connectivity index (χ4v) is 2.94. The van der Waals surface area contributed by atoms with Gasteiger partial charge in [-0.2, -0.15) is 0 Å². The van der Waals surface area contributed by atoms with Crippen molar-refractivity contribution < 1.29 is 0 Å². The molecule has 1 aromatic carbocycles. The number of fused-ring (bicyclic) bond motifs is 1. The number of anilines is 1. The van der Waals surface area contributed by atoms with Crippen LogP contribution in [0.5, 0.6) is 0 Å². The van der Waals surface area contributed by atoms with E-state index in [0.29, 0.717) is 0 Å². The Hall–Kier alpha value is -2.01. The topological polar surface area (TPSA) is 60.7 Å². The zero-order valence-electron chi connectivity index (χ0n) is 10.6. The van der Waals surface area contributed by atoms with Crippen molar-refractivity contribution in [3.63, 3.8) is 0 Å². The maximum absolute atomic E-state index is 11.2. The zero-order chi connectivity index (χ0) is 13.2. The van der Waals surface area contributed by atoms with Crippen LogP contribution in [0.1, 0.15) is 16.7 Å². The second-order valence-electron chi connectivity index (χ2n) is 4.41. The SMILES string of the molecule is CCc1ccc(CNc2ccc3[nH]c(=O)[nH]c3c2)s1. The van der Waals surface area contributed by atoms with Gasteiger partial charge in [0.15, 0.2) is 0 Å². The lowest BCUT2D eigenvalue weighted by Gasteiger charge is -2.04.